The minimum absolute atomic E-state index is 0.213. The van der Waals surface area contributed by atoms with Gasteiger partial charge in [0.2, 0.25) is 0 Å². The molecule has 0 heterocycles. The van der Waals surface area contributed by atoms with Crippen molar-refractivity contribution >= 4 is 5.69 Å². The molecule has 0 radical (unpaired) electrons. The summed E-state index contributed by atoms with van der Waals surface area (Å²) in [7, 11) is 0. The molecule has 0 amide bonds. The number of rotatable bonds is 2. The van der Waals surface area contributed by atoms with Gasteiger partial charge in [0.1, 0.15) is 5.82 Å². The first-order chi connectivity index (χ1) is 8.09. The standard InChI is InChI=1S/C15H16FN/c1-10(2)11-6-8-12(9-7-11)13-4-3-5-14(16)15(13)17/h3-10H,17H2,1-2H3. The van der Waals surface area contributed by atoms with Crippen LogP contribution in [0.1, 0.15) is 25.3 Å². The van der Waals surface area contributed by atoms with Gasteiger partial charge < -0.3 is 5.73 Å². The molecule has 0 spiro atoms. The molecule has 0 bridgehead atoms. The molecule has 2 N–H and O–H groups in total. The highest BCUT2D eigenvalue weighted by atomic mass is 19.1. The first-order valence-corrected chi connectivity index (χ1v) is 5.74. The molecule has 2 rings (SSSR count). The van der Waals surface area contributed by atoms with Crippen molar-refractivity contribution in [3.8, 4) is 11.1 Å². The number of hydrogen-bond donors (Lipinski definition) is 1. The highest BCUT2D eigenvalue weighted by molar-refractivity contribution is 5.76. The fraction of sp³-hybridized carbons (Fsp3) is 0.200. The lowest BCUT2D eigenvalue weighted by Gasteiger charge is -2.09. The summed E-state index contributed by atoms with van der Waals surface area (Å²) in [6.45, 7) is 4.29. The fourth-order valence-corrected chi connectivity index (χ4v) is 1.84. The monoisotopic (exact) mass is 229 g/mol. The van der Waals surface area contributed by atoms with Crippen LogP contribution in [-0.4, -0.2) is 0 Å². The molecule has 0 aliphatic rings. The van der Waals surface area contributed by atoms with Gasteiger partial charge in [-0.25, -0.2) is 4.39 Å². The first kappa shape index (κ1) is 11.6. The van der Waals surface area contributed by atoms with Gasteiger partial charge in [0.05, 0.1) is 5.69 Å². The molecule has 0 aliphatic heterocycles. The van der Waals surface area contributed by atoms with E-state index in [1.54, 1.807) is 6.07 Å². The molecular weight excluding hydrogens is 213 g/mol. The molecular formula is C15H16FN. The number of hydrogen-bond acceptors (Lipinski definition) is 1. The second-order valence-electron chi connectivity index (χ2n) is 4.48. The van der Waals surface area contributed by atoms with Gasteiger partial charge in [-0.1, -0.05) is 50.2 Å². The molecule has 17 heavy (non-hydrogen) atoms. The Bertz CT molecular complexity index is 515. The second-order valence-corrected chi connectivity index (χ2v) is 4.48. The zero-order valence-corrected chi connectivity index (χ0v) is 10.1. The third-order valence-corrected chi connectivity index (χ3v) is 2.94. The van der Waals surface area contributed by atoms with Crippen LogP contribution in [0.15, 0.2) is 42.5 Å². The van der Waals surface area contributed by atoms with Crippen LogP contribution >= 0.6 is 0 Å². The van der Waals surface area contributed by atoms with Crippen LogP contribution in [-0.2, 0) is 0 Å². The lowest BCUT2D eigenvalue weighted by atomic mass is 9.98. The Labute approximate surface area is 101 Å². The summed E-state index contributed by atoms with van der Waals surface area (Å²) in [6.07, 6.45) is 0. The quantitative estimate of drug-likeness (QED) is 0.767. The molecule has 2 heteroatoms. The van der Waals surface area contributed by atoms with Crippen molar-refractivity contribution in [3.05, 3.63) is 53.8 Å². The van der Waals surface area contributed by atoms with Crippen LogP contribution in [0.2, 0.25) is 0 Å². The molecule has 0 atom stereocenters. The summed E-state index contributed by atoms with van der Waals surface area (Å²) >= 11 is 0. The van der Waals surface area contributed by atoms with Crippen LogP contribution in [0.5, 0.6) is 0 Å². The molecule has 0 aromatic heterocycles. The summed E-state index contributed by atoms with van der Waals surface area (Å²) < 4.78 is 13.3. The molecule has 0 saturated heterocycles. The molecule has 1 nitrogen and oxygen atoms in total. The third-order valence-electron chi connectivity index (χ3n) is 2.94. The normalized spacial score (nSPS) is 10.8. The van der Waals surface area contributed by atoms with Crippen LogP contribution in [0.3, 0.4) is 0 Å². The Hall–Kier alpha value is -1.83. The Morgan fingerprint density at radius 2 is 1.65 bits per heavy atom. The number of nitrogen functional groups attached to an aromatic ring is 1. The van der Waals surface area contributed by atoms with Crippen LogP contribution in [0.4, 0.5) is 10.1 Å². The Morgan fingerprint density at radius 3 is 2.24 bits per heavy atom. The molecule has 0 fully saturated rings. The van der Waals surface area contributed by atoms with Crippen LogP contribution < -0.4 is 5.73 Å². The van der Waals surface area contributed by atoms with Gasteiger partial charge in [-0.05, 0) is 23.1 Å². The van der Waals surface area contributed by atoms with Gasteiger partial charge in [0.15, 0.2) is 0 Å². The Morgan fingerprint density at radius 1 is 1.00 bits per heavy atom. The highest BCUT2D eigenvalue weighted by Gasteiger charge is 2.07. The minimum atomic E-state index is -0.365. The van der Waals surface area contributed by atoms with E-state index >= 15 is 0 Å². The Kier molecular flexibility index (Phi) is 3.14. The summed E-state index contributed by atoms with van der Waals surface area (Å²) in [5, 5.41) is 0. The van der Waals surface area contributed by atoms with Crippen molar-refractivity contribution in [1.29, 1.82) is 0 Å². The third kappa shape index (κ3) is 2.31. The Balaban J connectivity index is 2.43. The highest BCUT2D eigenvalue weighted by Crippen LogP contribution is 2.28. The molecule has 2 aromatic rings. The van der Waals surface area contributed by atoms with Crippen molar-refractivity contribution in [1.82, 2.24) is 0 Å². The van der Waals surface area contributed by atoms with E-state index in [1.165, 1.54) is 11.6 Å². The largest absolute Gasteiger partial charge is 0.396 e. The van der Waals surface area contributed by atoms with E-state index in [9.17, 15) is 4.39 Å². The van der Waals surface area contributed by atoms with Crippen molar-refractivity contribution in [2.75, 3.05) is 5.73 Å². The van der Waals surface area contributed by atoms with E-state index in [0.717, 1.165) is 11.1 Å². The maximum absolute atomic E-state index is 13.3. The van der Waals surface area contributed by atoms with E-state index in [4.69, 9.17) is 5.73 Å². The van der Waals surface area contributed by atoms with Gasteiger partial charge in [0.25, 0.3) is 0 Å². The van der Waals surface area contributed by atoms with E-state index in [0.29, 0.717) is 5.92 Å². The summed E-state index contributed by atoms with van der Waals surface area (Å²) in [6, 6.07) is 13.0. The molecule has 0 saturated carbocycles. The van der Waals surface area contributed by atoms with Gasteiger partial charge in [-0.3, -0.25) is 0 Å². The van der Waals surface area contributed by atoms with Crippen molar-refractivity contribution < 1.29 is 4.39 Å². The van der Waals surface area contributed by atoms with E-state index in [1.807, 2.05) is 18.2 Å². The fourth-order valence-electron chi connectivity index (χ4n) is 1.84. The molecule has 2 aromatic carbocycles. The lowest BCUT2D eigenvalue weighted by molar-refractivity contribution is 0.633. The smallest absolute Gasteiger partial charge is 0.146 e. The molecule has 88 valence electrons. The van der Waals surface area contributed by atoms with Crippen LogP contribution in [0, 0.1) is 5.82 Å². The zero-order valence-electron chi connectivity index (χ0n) is 10.1. The average Bonchev–Trinajstić information content (AvgIpc) is 2.33. The summed E-state index contributed by atoms with van der Waals surface area (Å²) in [5.74, 6) is 0.129. The SMILES string of the molecule is CC(C)c1ccc(-c2cccc(F)c2N)cc1. The summed E-state index contributed by atoms with van der Waals surface area (Å²) in [5.41, 5.74) is 8.92. The van der Waals surface area contributed by atoms with E-state index in [-0.39, 0.29) is 11.5 Å². The van der Waals surface area contributed by atoms with Crippen LogP contribution in [0.25, 0.3) is 11.1 Å². The second kappa shape index (κ2) is 4.58. The number of anilines is 1. The molecule has 0 unspecified atom stereocenters. The number of halogens is 1. The van der Waals surface area contributed by atoms with Crippen molar-refractivity contribution in [2.24, 2.45) is 0 Å². The maximum atomic E-state index is 13.3. The number of para-hydroxylation sites is 1. The van der Waals surface area contributed by atoms with Gasteiger partial charge in [-0.2, -0.15) is 0 Å². The lowest BCUT2D eigenvalue weighted by Crippen LogP contribution is -1.94. The molecule has 0 aliphatic carbocycles. The van der Waals surface area contributed by atoms with Gasteiger partial charge in [-0.15, -0.1) is 0 Å². The number of benzene rings is 2. The zero-order chi connectivity index (χ0) is 12.4. The maximum Gasteiger partial charge on any atom is 0.146 e. The number of nitrogens with two attached hydrogens (primary N) is 1. The average molecular weight is 229 g/mol. The predicted octanol–water partition coefficient (Wildman–Crippen LogP) is 4.20. The van der Waals surface area contributed by atoms with Gasteiger partial charge in [0, 0.05) is 5.56 Å². The van der Waals surface area contributed by atoms with Crippen molar-refractivity contribution in [3.63, 3.8) is 0 Å². The van der Waals surface area contributed by atoms with E-state index < -0.39 is 0 Å². The first-order valence-electron chi connectivity index (χ1n) is 5.74. The predicted molar refractivity (Wildman–Crippen MR) is 70.3 cm³/mol. The van der Waals surface area contributed by atoms with Crippen molar-refractivity contribution in [2.45, 2.75) is 19.8 Å². The van der Waals surface area contributed by atoms with E-state index in [2.05, 4.69) is 26.0 Å². The minimum Gasteiger partial charge on any atom is -0.396 e. The topological polar surface area (TPSA) is 26.0 Å². The summed E-state index contributed by atoms with van der Waals surface area (Å²) in [4.78, 5) is 0. The van der Waals surface area contributed by atoms with Gasteiger partial charge >= 0.3 is 0 Å².